The first kappa shape index (κ1) is 18.8. The molecule has 2 aromatic heterocycles. The average molecular weight is 425 g/mol. The van der Waals surface area contributed by atoms with Crippen molar-refractivity contribution in [2.45, 2.75) is 37.6 Å². The molecule has 154 valence electrons. The van der Waals surface area contributed by atoms with Crippen molar-refractivity contribution < 1.29 is 13.5 Å². The lowest BCUT2D eigenvalue weighted by Gasteiger charge is -2.28. The highest BCUT2D eigenvalue weighted by Crippen LogP contribution is 2.50. The largest absolute Gasteiger partial charge is 0.493 e. The number of aromatic nitrogens is 3. The third-order valence-corrected chi connectivity index (χ3v) is 8.29. The second-order valence-electron chi connectivity index (χ2n) is 7.91. The van der Waals surface area contributed by atoms with Gasteiger partial charge in [0.15, 0.2) is 0 Å². The Kier molecular flexibility index (Phi) is 3.87. The Morgan fingerprint density at radius 1 is 1.30 bits per heavy atom. The van der Waals surface area contributed by atoms with Gasteiger partial charge in [-0.3, -0.25) is 9.55 Å². The van der Waals surface area contributed by atoms with E-state index in [4.69, 9.17) is 0 Å². The Bertz CT molecular complexity index is 1410. The number of hydrogen-bond donors (Lipinski definition) is 1. The Morgan fingerprint density at radius 2 is 2.07 bits per heavy atom. The predicted molar refractivity (Wildman–Crippen MR) is 109 cm³/mol. The van der Waals surface area contributed by atoms with E-state index in [1.165, 1.54) is 13.4 Å². The van der Waals surface area contributed by atoms with E-state index in [-0.39, 0.29) is 18.5 Å². The van der Waals surface area contributed by atoms with Crippen LogP contribution in [-0.4, -0.2) is 43.7 Å². The lowest BCUT2D eigenvalue weighted by Crippen LogP contribution is -2.40. The van der Waals surface area contributed by atoms with Gasteiger partial charge in [-0.1, -0.05) is 0 Å². The summed E-state index contributed by atoms with van der Waals surface area (Å²) < 4.78 is 29.6. The van der Waals surface area contributed by atoms with Gasteiger partial charge in [-0.2, -0.15) is 9.57 Å². The molecule has 3 aromatic rings. The molecule has 1 fully saturated rings. The van der Waals surface area contributed by atoms with Gasteiger partial charge in [-0.05, 0) is 44.5 Å². The van der Waals surface area contributed by atoms with Crippen molar-refractivity contribution in [2.75, 3.05) is 6.54 Å². The average Bonchev–Trinajstić information content (AvgIpc) is 3.39. The molecule has 4 heterocycles. The molecule has 30 heavy (non-hydrogen) atoms. The number of rotatable bonds is 3. The lowest BCUT2D eigenvalue weighted by molar-refractivity contribution is 0.339. The number of fused-ring (bicyclic) bond motifs is 6. The number of sulfonamides is 1. The number of pyridine rings is 1. The monoisotopic (exact) mass is 425 g/mol. The second kappa shape index (κ2) is 6.17. The van der Waals surface area contributed by atoms with Crippen LogP contribution in [0.25, 0.3) is 16.6 Å². The molecule has 2 aliphatic rings. The summed E-state index contributed by atoms with van der Waals surface area (Å²) in [6, 6.07) is 7.78. The molecule has 9 nitrogen and oxygen atoms in total. The topological polar surface area (TPSA) is 121 Å². The van der Waals surface area contributed by atoms with Crippen LogP contribution in [-0.2, 0) is 10.0 Å². The molecular formula is C20H19N5O4S. The molecule has 1 unspecified atom stereocenters. The maximum absolute atomic E-state index is 13.3. The summed E-state index contributed by atoms with van der Waals surface area (Å²) in [5.41, 5.74) is 1.09. The van der Waals surface area contributed by atoms with Gasteiger partial charge in [0.25, 0.3) is 0 Å². The molecule has 2 bridgehead atoms. The molecule has 2 atom stereocenters. The zero-order chi connectivity index (χ0) is 21.4. The number of benzene rings is 1. The van der Waals surface area contributed by atoms with Gasteiger partial charge < -0.3 is 5.11 Å². The van der Waals surface area contributed by atoms with Crippen molar-refractivity contribution in [3.05, 3.63) is 52.2 Å². The Labute approximate surface area is 172 Å². The van der Waals surface area contributed by atoms with Crippen molar-refractivity contribution in [3.63, 3.8) is 0 Å². The van der Waals surface area contributed by atoms with Crippen LogP contribution >= 0.6 is 0 Å². The molecule has 2 aliphatic heterocycles. The second-order valence-corrected chi connectivity index (χ2v) is 10.4. The summed E-state index contributed by atoms with van der Waals surface area (Å²) in [5.74, 6) is -0.272. The summed E-state index contributed by atoms with van der Waals surface area (Å²) in [4.78, 5) is 17.5. The van der Waals surface area contributed by atoms with Gasteiger partial charge in [-0.25, -0.2) is 17.8 Å². The van der Waals surface area contributed by atoms with Crippen LogP contribution in [0.5, 0.6) is 5.88 Å². The molecule has 10 heteroatoms. The first-order valence-electron chi connectivity index (χ1n) is 9.62. The molecule has 0 saturated carbocycles. The fraction of sp³-hybridized carbons (Fsp3) is 0.350. The Morgan fingerprint density at radius 3 is 2.77 bits per heavy atom. The quantitative estimate of drug-likeness (QED) is 0.683. The highest BCUT2D eigenvalue weighted by molar-refractivity contribution is 7.89. The van der Waals surface area contributed by atoms with E-state index >= 15 is 0 Å². The molecule has 1 saturated heterocycles. The van der Waals surface area contributed by atoms with Crippen LogP contribution in [0, 0.1) is 11.3 Å². The third kappa shape index (κ3) is 2.27. The van der Waals surface area contributed by atoms with Gasteiger partial charge in [0.05, 0.1) is 34.1 Å². The summed E-state index contributed by atoms with van der Waals surface area (Å²) in [7, 11) is -3.53. The minimum absolute atomic E-state index is 0.219. The van der Waals surface area contributed by atoms with E-state index in [9.17, 15) is 23.6 Å². The third-order valence-electron chi connectivity index (χ3n) is 6.04. The van der Waals surface area contributed by atoms with E-state index in [0.717, 1.165) is 0 Å². The van der Waals surface area contributed by atoms with Crippen LogP contribution in [0.2, 0.25) is 0 Å². The van der Waals surface area contributed by atoms with Crippen LogP contribution < -0.4 is 5.69 Å². The van der Waals surface area contributed by atoms with E-state index in [1.54, 1.807) is 44.3 Å². The van der Waals surface area contributed by atoms with Crippen molar-refractivity contribution in [1.82, 2.24) is 18.4 Å². The SMILES string of the molecule is CC(C)S(=O)(=O)N1C[C@H]2CC1c1c(O)n(-c3ccc(C#N)c4ncccc34)c(=O)n12. The summed E-state index contributed by atoms with van der Waals surface area (Å²) in [5, 5.41) is 20.4. The van der Waals surface area contributed by atoms with Crippen LogP contribution in [0.3, 0.4) is 0 Å². The minimum atomic E-state index is -3.53. The van der Waals surface area contributed by atoms with Crippen molar-refractivity contribution >= 4 is 20.9 Å². The Balaban J connectivity index is 1.73. The van der Waals surface area contributed by atoms with E-state index in [1.807, 2.05) is 0 Å². The van der Waals surface area contributed by atoms with Gasteiger partial charge in [0, 0.05) is 18.1 Å². The number of nitriles is 1. The maximum atomic E-state index is 13.3. The molecular weight excluding hydrogens is 406 g/mol. The lowest BCUT2D eigenvalue weighted by atomic mass is 10.1. The van der Waals surface area contributed by atoms with Gasteiger partial charge >= 0.3 is 5.69 Å². The normalized spacial score (nSPS) is 20.7. The molecule has 1 aromatic carbocycles. The first-order chi connectivity index (χ1) is 14.3. The van der Waals surface area contributed by atoms with Crippen LogP contribution in [0.4, 0.5) is 0 Å². The molecule has 1 N–H and O–H groups in total. The van der Waals surface area contributed by atoms with Crippen molar-refractivity contribution in [1.29, 1.82) is 5.26 Å². The zero-order valence-corrected chi connectivity index (χ0v) is 17.2. The van der Waals surface area contributed by atoms with Crippen molar-refractivity contribution in [3.8, 4) is 17.6 Å². The molecule has 5 rings (SSSR count). The zero-order valence-electron chi connectivity index (χ0n) is 16.3. The first-order valence-corrected chi connectivity index (χ1v) is 11.1. The standard InChI is InChI=1S/C20H19N5O4S/c1-11(2)30(28,29)23-10-13-8-16(23)18-19(26)25(20(27)24(13)18)15-6-5-12(9-21)17-14(15)4-3-7-22-17/h3-7,11,13,16,26H,8,10H2,1-2H3/t13-,16?/m1/s1. The fourth-order valence-corrected chi connectivity index (χ4v) is 6.08. The molecule has 0 spiro atoms. The van der Waals surface area contributed by atoms with E-state index in [2.05, 4.69) is 11.1 Å². The number of imidazole rings is 1. The van der Waals surface area contributed by atoms with Gasteiger partial charge in [0.1, 0.15) is 11.8 Å². The summed E-state index contributed by atoms with van der Waals surface area (Å²) >= 11 is 0. The fourth-order valence-electron chi connectivity index (χ4n) is 4.62. The summed E-state index contributed by atoms with van der Waals surface area (Å²) in [6.45, 7) is 3.46. The molecule has 0 radical (unpaired) electrons. The minimum Gasteiger partial charge on any atom is -0.493 e. The van der Waals surface area contributed by atoms with Crippen LogP contribution in [0.15, 0.2) is 35.3 Å². The number of aromatic hydroxyl groups is 1. The molecule has 0 amide bonds. The number of hydrogen-bond acceptors (Lipinski definition) is 6. The smallest absolute Gasteiger partial charge is 0.336 e. The van der Waals surface area contributed by atoms with Gasteiger partial charge in [0.2, 0.25) is 15.9 Å². The van der Waals surface area contributed by atoms with Crippen molar-refractivity contribution in [2.24, 2.45) is 0 Å². The Hall–Kier alpha value is -3.16. The van der Waals surface area contributed by atoms with E-state index in [0.29, 0.717) is 34.3 Å². The van der Waals surface area contributed by atoms with Crippen LogP contribution in [0.1, 0.15) is 43.6 Å². The highest BCUT2D eigenvalue weighted by Gasteiger charge is 2.52. The highest BCUT2D eigenvalue weighted by atomic mass is 32.2. The molecule has 0 aliphatic carbocycles. The predicted octanol–water partition coefficient (Wildman–Crippen LogP) is 1.80. The van der Waals surface area contributed by atoms with Gasteiger partial charge in [-0.15, -0.1) is 0 Å². The maximum Gasteiger partial charge on any atom is 0.336 e. The van der Waals surface area contributed by atoms with E-state index < -0.39 is 27.0 Å². The summed E-state index contributed by atoms with van der Waals surface area (Å²) in [6.07, 6.45) is 2.03. The number of nitrogens with zero attached hydrogens (tertiary/aromatic N) is 5.